The molecule has 0 aliphatic heterocycles. The highest BCUT2D eigenvalue weighted by atomic mass is 16.3. The Labute approximate surface area is 474 Å². The van der Waals surface area contributed by atoms with E-state index in [9.17, 15) is 5.48 Å². The van der Waals surface area contributed by atoms with Crippen LogP contribution < -0.4 is 0 Å². The van der Waals surface area contributed by atoms with Crippen LogP contribution in [0.4, 0.5) is 0 Å². The van der Waals surface area contributed by atoms with E-state index in [1.165, 1.54) is 10.9 Å². The minimum absolute atomic E-state index is 0.168. The summed E-state index contributed by atoms with van der Waals surface area (Å²) in [7, 11) is 0. The van der Waals surface area contributed by atoms with Gasteiger partial charge in [-0.3, -0.25) is 0 Å². The van der Waals surface area contributed by atoms with Gasteiger partial charge in [0, 0.05) is 32.3 Å². The summed E-state index contributed by atoms with van der Waals surface area (Å²) in [6, 6.07) is 76.4. The van der Waals surface area contributed by atoms with Crippen LogP contribution in [0, 0.1) is 0 Å². The summed E-state index contributed by atoms with van der Waals surface area (Å²) >= 11 is 0. The van der Waals surface area contributed by atoms with Crippen LogP contribution in [0.15, 0.2) is 300 Å². The fourth-order valence-corrected chi connectivity index (χ4v) is 12.4. The molecule has 17 rings (SSSR count). The summed E-state index contributed by atoms with van der Waals surface area (Å²) in [6.45, 7) is 0. The number of hydrogen-bond donors (Lipinski definition) is 0. The molecule has 0 radical (unpaired) electrons. The van der Waals surface area contributed by atoms with Crippen LogP contribution in [0.25, 0.3) is 164 Å². The van der Waals surface area contributed by atoms with Gasteiger partial charge in [0.1, 0.15) is 22.3 Å². The average molecular weight is 1030 g/mol. The normalized spacial score (nSPS) is 13.3. The van der Waals surface area contributed by atoms with E-state index in [4.69, 9.17) is 15.7 Å². The average Bonchev–Trinajstić information content (AvgIpc) is 1.40. The molecule has 0 atom stereocenters. The van der Waals surface area contributed by atoms with E-state index in [0.717, 1.165) is 92.8 Å². The quantitative estimate of drug-likeness (QED) is 0.161. The molecule has 372 valence electrons. The predicted molar refractivity (Wildman–Crippen MR) is 340 cm³/mol. The minimum Gasteiger partial charge on any atom is -0.455 e. The van der Waals surface area contributed by atoms with Crippen molar-refractivity contribution in [3.05, 3.63) is 291 Å². The Morgan fingerprint density at radius 1 is 0.237 bits per heavy atom. The fraction of sp³-hybridized carbons (Fsp3) is 0. The number of rotatable bonds is 5. The van der Waals surface area contributed by atoms with Crippen molar-refractivity contribution in [2.45, 2.75) is 0 Å². The van der Waals surface area contributed by atoms with Gasteiger partial charge in [-0.25, -0.2) is 0 Å². The Morgan fingerprint density at radius 2 is 0.625 bits per heavy atom. The molecule has 2 heteroatoms. The number of furan rings is 2. The van der Waals surface area contributed by atoms with E-state index in [-0.39, 0.29) is 45.7 Å². The Balaban J connectivity index is 0.000000149. The van der Waals surface area contributed by atoms with Gasteiger partial charge >= 0.3 is 0 Å². The third-order valence-corrected chi connectivity index (χ3v) is 15.9. The molecule has 80 heavy (non-hydrogen) atoms. The highest BCUT2D eigenvalue weighted by Gasteiger charge is 2.23. The Hall–Kier alpha value is -10.5. The first-order valence-electron chi connectivity index (χ1n) is 31.2. The van der Waals surface area contributed by atoms with Crippen molar-refractivity contribution in [2.75, 3.05) is 0 Å². The van der Waals surface area contributed by atoms with Gasteiger partial charge in [-0.15, -0.1) is 0 Å². The summed E-state index contributed by atoms with van der Waals surface area (Å²) < 4.78 is 94.8. The van der Waals surface area contributed by atoms with Gasteiger partial charge in [-0.05, 0) is 140 Å². The van der Waals surface area contributed by atoms with E-state index in [2.05, 4.69) is 109 Å². The molecule has 0 fully saturated rings. The molecule has 0 aliphatic rings. The molecule has 0 aliphatic carbocycles. The van der Waals surface area contributed by atoms with Crippen LogP contribution in [-0.4, -0.2) is 0 Å². The molecule has 17 aromatic rings. The fourth-order valence-electron chi connectivity index (χ4n) is 12.4. The summed E-state index contributed by atoms with van der Waals surface area (Å²) in [5.74, 6) is 0. The van der Waals surface area contributed by atoms with E-state index < -0.39 is 24.2 Å². The van der Waals surface area contributed by atoms with Crippen molar-refractivity contribution >= 4 is 109 Å². The second-order valence-corrected chi connectivity index (χ2v) is 20.2. The molecule has 0 bridgehead atoms. The molecular weight excluding hydrogens is 969 g/mol. The lowest BCUT2D eigenvalue weighted by Gasteiger charge is -2.18. The first-order chi connectivity index (χ1) is 43.5. The van der Waals surface area contributed by atoms with Crippen molar-refractivity contribution in [3.8, 4) is 55.6 Å². The Bertz CT molecular complexity index is 5770. The summed E-state index contributed by atoms with van der Waals surface area (Å²) in [4.78, 5) is 0. The van der Waals surface area contributed by atoms with Crippen molar-refractivity contribution in [1.29, 1.82) is 0 Å². The SMILES string of the molecule is [2H]c1c([2H])c([2H])c2c(-c3cccc4oc5c6ccccc6ccc5c34)c3c([2H])c([2H])c([2H])c([2H])c3c(-c3cccc(-c4ccccc4)c3)c2c1[2H].[2H]c1cccc2c(-c3ccccc3)c3ccccc3c(-c3cccc4oc5c6ccccc6ccc5c34)c12. The van der Waals surface area contributed by atoms with Gasteiger partial charge in [-0.2, -0.15) is 0 Å². The van der Waals surface area contributed by atoms with Crippen LogP contribution >= 0.6 is 0 Å². The molecule has 2 heterocycles. The maximum atomic E-state index is 9.38. The first-order valence-corrected chi connectivity index (χ1v) is 26.7. The van der Waals surface area contributed by atoms with Gasteiger partial charge in [0.2, 0.25) is 0 Å². The van der Waals surface area contributed by atoms with Crippen LogP contribution in [0.5, 0.6) is 0 Å². The monoisotopic (exact) mass is 1030 g/mol. The van der Waals surface area contributed by atoms with Crippen LogP contribution in [0.3, 0.4) is 0 Å². The van der Waals surface area contributed by atoms with Crippen molar-refractivity contribution < 1.29 is 21.2 Å². The van der Waals surface area contributed by atoms with Gasteiger partial charge in [-0.1, -0.05) is 261 Å². The molecule has 0 unspecified atom stereocenters. The first kappa shape index (κ1) is 37.3. The summed E-state index contributed by atoms with van der Waals surface area (Å²) in [5.41, 5.74) is 11.0. The third-order valence-electron chi connectivity index (χ3n) is 15.9. The van der Waals surface area contributed by atoms with Crippen LogP contribution in [0.2, 0.25) is 0 Å². The molecular formula is C78H48O2. The van der Waals surface area contributed by atoms with Gasteiger partial charge in [0.25, 0.3) is 0 Å². The largest absolute Gasteiger partial charge is 0.455 e. The van der Waals surface area contributed by atoms with E-state index in [1.807, 2.05) is 121 Å². The maximum absolute atomic E-state index is 9.38. The standard InChI is InChI=1S/C42H26O.C36H22O/c1-2-12-27(13-3-1)29-15-10-16-30(26-29)39-32-18-6-8-20-34(32)40(35-21-9-7-19-33(35)39)36-22-11-23-38-41(36)37-25-24-28-14-4-5-17-31(28)42(37)43-38;1-2-12-24(13-3-1)33-26-15-6-8-17-28(26)34(29-18-9-7-16-27(29)33)30-19-10-20-32-35(30)31-22-21-23-11-4-5-14-25(23)36(31)37-32/h1-26H;1-22H/i6D,7D,8D,9D,18D,19D,20D,21D;17D. The molecule has 0 spiro atoms. The zero-order valence-electron chi connectivity index (χ0n) is 51.8. The second-order valence-electron chi connectivity index (χ2n) is 20.2. The molecule has 0 N–H and O–H groups in total. The van der Waals surface area contributed by atoms with E-state index >= 15 is 0 Å². The highest BCUT2D eigenvalue weighted by molar-refractivity contribution is 6.29. The zero-order valence-corrected chi connectivity index (χ0v) is 42.8. The van der Waals surface area contributed by atoms with Crippen LogP contribution in [0.1, 0.15) is 12.3 Å². The summed E-state index contributed by atoms with van der Waals surface area (Å²) in [5, 5.41) is 12.9. The lowest BCUT2D eigenvalue weighted by molar-refractivity contribution is 0.672. The van der Waals surface area contributed by atoms with Gasteiger partial charge in [0.15, 0.2) is 0 Å². The number of hydrogen-bond acceptors (Lipinski definition) is 2. The minimum atomic E-state index is -0.437. The van der Waals surface area contributed by atoms with Crippen molar-refractivity contribution in [3.63, 3.8) is 0 Å². The van der Waals surface area contributed by atoms with Gasteiger partial charge in [0.05, 0.1) is 12.3 Å². The Kier molecular flexibility index (Phi) is 8.66. The molecule has 0 saturated carbocycles. The zero-order chi connectivity index (χ0) is 60.5. The van der Waals surface area contributed by atoms with E-state index in [0.29, 0.717) is 44.8 Å². The lowest BCUT2D eigenvalue weighted by atomic mass is 9.84. The maximum Gasteiger partial charge on any atom is 0.143 e. The number of fused-ring (bicyclic) bond motifs is 14. The number of benzene rings is 15. The lowest BCUT2D eigenvalue weighted by Crippen LogP contribution is -1.91. The third kappa shape index (κ3) is 7.20. The smallest absolute Gasteiger partial charge is 0.143 e. The Morgan fingerprint density at radius 3 is 1.19 bits per heavy atom. The molecule has 0 saturated heterocycles. The predicted octanol–water partition coefficient (Wildman–Crippen LogP) is 22.4. The van der Waals surface area contributed by atoms with Gasteiger partial charge < -0.3 is 8.83 Å². The van der Waals surface area contributed by atoms with Crippen molar-refractivity contribution in [1.82, 2.24) is 0 Å². The molecule has 2 aromatic heterocycles. The summed E-state index contributed by atoms with van der Waals surface area (Å²) in [6.07, 6.45) is 0. The highest BCUT2D eigenvalue weighted by Crippen LogP contribution is 2.50. The van der Waals surface area contributed by atoms with Crippen LogP contribution in [-0.2, 0) is 0 Å². The van der Waals surface area contributed by atoms with E-state index in [1.54, 1.807) is 6.07 Å². The molecule has 2 nitrogen and oxygen atoms in total. The van der Waals surface area contributed by atoms with Crippen molar-refractivity contribution in [2.24, 2.45) is 0 Å². The molecule has 15 aromatic carbocycles. The second kappa shape index (κ2) is 18.6. The molecule has 0 amide bonds. The topological polar surface area (TPSA) is 26.3 Å².